The monoisotopic (exact) mass is 382 g/mol. The summed E-state index contributed by atoms with van der Waals surface area (Å²) in [5, 5.41) is 5.73. The average Bonchev–Trinajstić information content (AvgIpc) is 3.06. The van der Waals surface area contributed by atoms with E-state index in [9.17, 15) is 9.18 Å². The van der Waals surface area contributed by atoms with Crippen LogP contribution in [-0.4, -0.2) is 16.6 Å². The molecule has 0 aliphatic rings. The van der Waals surface area contributed by atoms with Gasteiger partial charge in [0.1, 0.15) is 5.82 Å². The molecule has 3 aromatic carbocycles. The number of hydrogen-bond acceptors (Lipinski definition) is 4. The van der Waals surface area contributed by atoms with Crippen molar-refractivity contribution in [2.24, 2.45) is 0 Å². The number of carbonyl (C=O) groups excluding carboxylic acids is 1. The molecule has 1 heterocycles. The lowest BCUT2D eigenvalue weighted by atomic mass is 10.1. The van der Waals surface area contributed by atoms with E-state index < -0.39 is 0 Å². The number of thiazole rings is 1. The molecule has 0 bridgehead atoms. The van der Waals surface area contributed by atoms with E-state index in [4.69, 9.17) is 0 Å². The number of nitrogens with one attached hydrogen (secondary N) is 1. The summed E-state index contributed by atoms with van der Waals surface area (Å²) in [5.74, 6) is 0.309. The zero-order valence-electron chi connectivity index (χ0n) is 13.7. The summed E-state index contributed by atoms with van der Waals surface area (Å²) >= 11 is 3.01. The van der Waals surface area contributed by atoms with Gasteiger partial charge in [0.2, 0.25) is 5.91 Å². The summed E-state index contributed by atoms with van der Waals surface area (Å²) in [7, 11) is 0. The van der Waals surface area contributed by atoms with E-state index >= 15 is 0 Å². The maximum Gasteiger partial charge on any atom is 0.226 e. The first-order chi connectivity index (χ1) is 12.7. The Balaban J connectivity index is 1.41. The number of fused-ring (bicyclic) bond motifs is 3. The summed E-state index contributed by atoms with van der Waals surface area (Å²) in [6.07, 6.45) is 0.374. The van der Waals surface area contributed by atoms with Crippen LogP contribution in [-0.2, 0) is 4.79 Å². The Labute approximate surface area is 158 Å². The minimum atomic E-state index is -0.254. The van der Waals surface area contributed by atoms with Crippen LogP contribution in [0.1, 0.15) is 6.42 Å². The Kier molecular flexibility index (Phi) is 4.86. The van der Waals surface area contributed by atoms with Crippen LogP contribution in [0.15, 0.2) is 65.6 Å². The van der Waals surface area contributed by atoms with Crippen molar-refractivity contribution < 1.29 is 9.18 Å². The summed E-state index contributed by atoms with van der Waals surface area (Å²) in [6.45, 7) is 0. The van der Waals surface area contributed by atoms with Crippen molar-refractivity contribution in [2.75, 3.05) is 11.1 Å². The molecule has 4 aromatic rings. The molecular formula is C20H15FN2OS2. The molecule has 4 rings (SSSR count). The molecule has 6 heteroatoms. The zero-order chi connectivity index (χ0) is 17.9. The fraction of sp³-hybridized carbons (Fsp3) is 0.100. The van der Waals surface area contributed by atoms with Crippen LogP contribution in [0, 0.1) is 5.82 Å². The average molecular weight is 382 g/mol. The number of benzene rings is 3. The minimum Gasteiger partial charge on any atom is -0.302 e. The van der Waals surface area contributed by atoms with Crippen molar-refractivity contribution in [3.63, 3.8) is 0 Å². The third-order valence-electron chi connectivity index (χ3n) is 3.94. The Morgan fingerprint density at radius 1 is 1.08 bits per heavy atom. The molecule has 26 heavy (non-hydrogen) atoms. The van der Waals surface area contributed by atoms with Crippen molar-refractivity contribution in [1.29, 1.82) is 0 Å². The van der Waals surface area contributed by atoms with Crippen molar-refractivity contribution in [2.45, 2.75) is 11.3 Å². The molecule has 0 fully saturated rings. The van der Waals surface area contributed by atoms with Crippen LogP contribution in [0.2, 0.25) is 0 Å². The van der Waals surface area contributed by atoms with Gasteiger partial charge in [0.25, 0.3) is 0 Å². The second kappa shape index (κ2) is 7.43. The maximum absolute atomic E-state index is 12.9. The van der Waals surface area contributed by atoms with Gasteiger partial charge < -0.3 is 5.32 Å². The van der Waals surface area contributed by atoms with E-state index in [-0.39, 0.29) is 11.7 Å². The van der Waals surface area contributed by atoms with Crippen LogP contribution in [0.5, 0.6) is 0 Å². The first kappa shape index (κ1) is 17.0. The van der Waals surface area contributed by atoms with Crippen LogP contribution >= 0.6 is 23.1 Å². The SMILES string of the molecule is O=C(CCSc1ccc(F)cc1)Nc1nc2c(ccc3ccccc32)s1. The van der Waals surface area contributed by atoms with Crippen LogP contribution in [0.25, 0.3) is 21.0 Å². The largest absolute Gasteiger partial charge is 0.302 e. The van der Waals surface area contributed by atoms with Gasteiger partial charge in [-0.25, -0.2) is 9.37 Å². The number of carbonyl (C=O) groups is 1. The quantitative estimate of drug-likeness (QED) is 0.450. The van der Waals surface area contributed by atoms with Crippen LogP contribution < -0.4 is 5.32 Å². The number of rotatable bonds is 5. The highest BCUT2D eigenvalue weighted by atomic mass is 32.2. The van der Waals surface area contributed by atoms with Gasteiger partial charge >= 0.3 is 0 Å². The summed E-state index contributed by atoms with van der Waals surface area (Å²) in [5.41, 5.74) is 0.920. The van der Waals surface area contributed by atoms with Crippen molar-refractivity contribution in [3.8, 4) is 0 Å². The number of aromatic nitrogens is 1. The maximum atomic E-state index is 12.9. The molecule has 0 radical (unpaired) electrons. The Morgan fingerprint density at radius 2 is 1.88 bits per heavy atom. The van der Waals surface area contributed by atoms with E-state index in [1.54, 1.807) is 12.1 Å². The number of thioether (sulfide) groups is 1. The minimum absolute atomic E-state index is 0.0667. The molecule has 0 saturated heterocycles. The van der Waals surface area contributed by atoms with Gasteiger partial charge in [0, 0.05) is 22.5 Å². The molecule has 0 saturated carbocycles. The van der Waals surface area contributed by atoms with Gasteiger partial charge in [-0.05, 0) is 35.7 Å². The molecule has 1 aromatic heterocycles. The zero-order valence-corrected chi connectivity index (χ0v) is 15.4. The fourth-order valence-corrected chi connectivity index (χ4v) is 4.44. The molecule has 0 spiro atoms. The molecular weight excluding hydrogens is 367 g/mol. The predicted molar refractivity (Wildman–Crippen MR) is 107 cm³/mol. The van der Waals surface area contributed by atoms with Gasteiger partial charge in [-0.3, -0.25) is 4.79 Å². The normalized spacial score (nSPS) is 11.1. The van der Waals surface area contributed by atoms with Crippen molar-refractivity contribution in [3.05, 3.63) is 66.5 Å². The topological polar surface area (TPSA) is 42.0 Å². The number of amides is 1. The van der Waals surface area contributed by atoms with Gasteiger partial charge in [-0.15, -0.1) is 11.8 Å². The molecule has 130 valence electrons. The van der Waals surface area contributed by atoms with Crippen LogP contribution in [0.4, 0.5) is 9.52 Å². The number of nitrogens with zero attached hydrogens (tertiary/aromatic N) is 1. The van der Waals surface area contributed by atoms with E-state index in [2.05, 4.69) is 22.4 Å². The molecule has 0 unspecified atom stereocenters. The second-order valence-electron chi connectivity index (χ2n) is 5.75. The van der Waals surface area contributed by atoms with Crippen LogP contribution in [0.3, 0.4) is 0 Å². The highest BCUT2D eigenvalue weighted by molar-refractivity contribution is 7.99. The smallest absolute Gasteiger partial charge is 0.226 e. The Morgan fingerprint density at radius 3 is 2.73 bits per heavy atom. The van der Waals surface area contributed by atoms with E-state index in [0.717, 1.165) is 25.9 Å². The van der Waals surface area contributed by atoms with Gasteiger partial charge in [-0.2, -0.15) is 0 Å². The first-order valence-corrected chi connectivity index (χ1v) is 9.96. The first-order valence-electron chi connectivity index (χ1n) is 8.15. The molecule has 0 aliphatic carbocycles. The lowest BCUT2D eigenvalue weighted by molar-refractivity contribution is -0.115. The lowest BCUT2D eigenvalue weighted by Crippen LogP contribution is -2.11. The second-order valence-corrected chi connectivity index (χ2v) is 7.95. The van der Waals surface area contributed by atoms with Gasteiger partial charge in [0.05, 0.1) is 10.2 Å². The molecule has 1 N–H and O–H groups in total. The summed E-state index contributed by atoms with van der Waals surface area (Å²) < 4.78 is 13.9. The van der Waals surface area contributed by atoms with Gasteiger partial charge in [-0.1, -0.05) is 41.7 Å². The Hall–Kier alpha value is -2.44. The fourth-order valence-electron chi connectivity index (χ4n) is 2.69. The molecule has 3 nitrogen and oxygen atoms in total. The number of halogens is 1. The highest BCUT2D eigenvalue weighted by Crippen LogP contribution is 2.31. The standard InChI is InChI=1S/C20H15FN2OS2/c21-14-6-8-15(9-7-14)25-12-11-18(24)22-20-23-19-16-4-2-1-3-13(16)5-10-17(19)26-20/h1-10H,11-12H2,(H,22,23,24). The van der Waals surface area contributed by atoms with Crippen molar-refractivity contribution in [1.82, 2.24) is 4.98 Å². The number of hydrogen-bond donors (Lipinski definition) is 1. The summed E-state index contributed by atoms with van der Waals surface area (Å²) in [4.78, 5) is 17.7. The molecule has 0 aliphatic heterocycles. The van der Waals surface area contributed by atoms with E-state index in [1.165, 1.54) is 35.2 Å². The van der Waals surface area contributed by atoms with E-state index in [1.807, 2.05) is 24.3 Å². The predicted octanol–water partition coefficient (Wildman–Crippen LogP) is 5.71. The van der Waals surface area contributed by atoms with E-state index in [0.29, 0.717) is 17.3 Å². The number of anilines is 1. The third kappa shape index (κ3) is 3.71. The highest BCUT2D eigenvalue weighted by Gasteiger charge is 2.10. The lowest BCUT2D eigenvalue weighted by Gasteiger charge is -2.02. The van der Waals surface area contributed by atoms with Gasteiger partial charge in [0.15, 0.2) is 5.13 Å². The molecule has 0 atom stereocenters. The molecule has 1 amide bonds. The summed E-state index contributed by atoms with van der Waals surface area (Å²) in [6, 6.07) is 18.5. The third-order valence-corrected chi connectivity index (χ3v) is 5.89. The Bertz CT molecular complexity index is 1080. The van der Waals surface area contributed by atoms with Crippen molar-refractivity contribution >= 4 is 55.1 Å².